The summed E-state index contributed by atoms with van der Waals surface area (Å²) in [4.78, 5) is 7.79. The molecule has 39 heavy (non-hydrogen) atoms. The maximum Gasteiger partial charge on any atom is 0.130 e. The van der Waals surface area contributed by atoms with E-state index in [1.165, 1.54) is 22.3 Å². The Bertz CT molecular complexity index is 1220. The molecule has 0 bridgehead atoms. The van der Waals surface area contributed by atoms with Crippen LogP contribution in [0.15, 0.2) is 42.5 Å². The Kier molecular flexibility index (Phi) is 10.0. The van der Waals surface area contributed by atoms with Gasteiger partial charge >= 0.3 is 0 Å². The molecule has 0 N–H and O–H groups in total. The van der Waals surface area contributed by atoms with Crippen LogP contribution in [0.3, 0.4) is 0 Å². The molecule has 3 aromatic rings. The summed E-state index contributed by atoms with van der Waals surface area (Å²) in [6.07, 6.45) is 1.95. The van der Waals surface area contributed by atoms with E-state index in [4.69, 9.17) is 19.2 Å². The van der Waals surface area contributed by atoms with E-state index in [9.17, 15) is 0 Å². The molecule has 210 valence electrons. The van der Waals surface area contributed by atoms with Crippen LogP contribution in [0.5, 0.6) is 11.5 Å². The summed E-state index contributed by atoms with van der Waals surface area (Å²) >= 11 is 0. The Labute approximate surface area is 235 Å². The van der Waals surface area contributed by atoms with Crippen LogP contribution in [0, 0.1) is 6.92 Å². The number of morpholine rings is 1. The normalized spacial score (nSPS) is 14.3. The van der Waals surface area contributed by atoms with Gasteiger partial charge in [-0.25, -0.2) is 0 Å². The molecule has 0 aliphatic carbocycles. The summed E-state index contributed by atoms with van der Waals surface area (Å²) in [5, 5.41) is 0. The van der Waals surface area contributed by atoms with Gasteiger partial charge in [-0.05, 0) is 67.9 Å². The van der Waals surface area contributed by atoms with Crippen molar-refractivity contribution in [3.05, 3.63) is 76.0 Å². The van der Waals surface area contributed by atoms with E-state index in [1.807, 2.05) is 0 Å². The largest absolute Gasteiger partial charge is 0.490 e. The number of hydrogen-bond acceptors (Lipinski definition) is 5. The van der Waals surface area contributed by atoms with Crippen LogP contribution >= 0.6 is 0 Å². The molecule has 0 saturated carbocycles. The van der Waals surface area contributed by atoms with Gasteiger partial charge in [-0.2, -0.15) is 0 Å². The van der Waals surface area contributed by atoms with Crippen LogP contribution in [0.2, 0.25) is 0 Å². The molecule has 5 heteroatoms. The Hall–Kier alpha value is -2.89. The van der Waals surface area contributed by atoms with E-state index >= 15 is 0 Å². The topological polar surface area (TPSA) is 43.8 Å². The molecule has 2 aromatic carbocycles. The minimum atomic E-state index is 0.0355. The zero-order valence-electron chi connectivity index (χ0n) is 25.0. The minimum Gasteiger partial charge on any atom is -0.490 e. The van der Waals surface area contributed by atoms with Gasteiger partial charge < -0.3 is 14.2 Å². The molecular formula is C34H46N2O3. The number of pyridine rings is 1. The summed E-state index contributed by atoms with van der Waals surface area (Å²) in [5.41, 5.74) is 9.34. The van der Waals surface area contributed by atoms with Crippen molar-refractivity contribution in [3.8, 4) is 22.8 Å². The maximum atomic E-state index is 6.54. The lowest BCUT2D eigenvalue weighted by molar-refractivity contribution is 0.0333. The van der Waals surface area contributed by atoms with Crippen LogP contribution < -0.4 is 9.47 Å². The molecule has 0 spiro atoms. The SMILES string of the molecule is CCc1cccc(CC)c1-c1cc(OC(C)C)c(COc2cc(C(C)C)ccc2C)c(CN2CCOCC2)n1. The highest BCUT2D eigenvalue weighted by Gasteiger charge is 2.22. The van der Waals surface area contributed by atoms with Crippen LogP contribution in [0.4, 0.5) is 0 Å². The lowest BCUT2D eigenvalue weighted by Gasteiger charge is -2.28. The highest BCUT2D eigenvalue weighted by atomic mass is 16.5. The first kappa shape index (κ1) is 29.1. The molecule has 0 atom stereocenters. The van der Waals surface area contributed by atoms with Crippen LogP contribution in [0.25, 0.3) is 11.3 Å². The van der Waals surface area contributed by atoms with Crippen molar-refractivity contribution in [1.29, 1.82) is 0 Å². The van der Waals surface area contributed by atoms with Crippen molar-refractivity contribution >= 4 is 0 Å². The highest BCUT2D eigenvalue weighted by molar-refractivity contribution is 5.70. The minimum absolute atomic E-state index is 0.0355. The average molecular weight is 531 g/mol. The summed E-state index contributed by atoms with van der Waals surface area (Å²) in [7, 11) is 0. The van der Waals surface area contributed by atoms with Gasteiger partial charge in [0.2, 0.25) is 0 Å². The van der Waals surface area contributed by atoms with E-state index in [0.29, 0.717) is 12.5 Å². The molecule has 0 amide bonds. The molecule has 1 fully saturated rings. The van der Waals surface area contributed by atoms with Crippen molar-refractivity contribution in [3.63, 3.8) is 0 Å². The third-order valence-electron chi connectivity index (χ3n) is 7.51. The van der Waals surface area contributed by atoms with E-state index < -0.39 is 0 Å². The second kappa shape index (κ2) is 13.5. The Morgan fingerprint density at radius 2 is 1.62 bits per heavy atom. The first-order chi connectivity index (χ1) is 18.8. The van der Waals surface area contributed by atoms with Gasteiger partial charge in [0.05, 0.1) is 36.3 Å². The van der Waals surface area contributed by atoms with Crippen molar-refractivity contribution in [2.24, 2.45) is 0 Å². The van der Waals surface area contributed by atoms with Gasteiger partial charge in [0, 0.05) is 31.3 Å². The fourth-order valence-electron chi connectivity index (χ4n) is 5.19. The number of rotatable bonds is 11. The third-order valence-corrected chi connectivity index (χ3v) is 7.51. The zero-order valence-corrected chi connectivity index (χ0v) is 25.0. The lowest BCUT2D eigenvalue weighted by Crippen LogP contribution is -2.36. The van der Waals surface area contributed by atoms with E-state index in [0.717, 1.165) is 79.7 Å². The third kappa shape index (κ3) is 7.20. The lowest BCUT2D eigenvalue weighted by atomic mass is 9.94. The van der Waals surface area contributed by atoms with Gasteiger partial charge in [-0.15, -0.1) is 0 Å². The smallest absolute Gasteiger partial charge is 0.130 e. The molecule has 4 rings (SSSR count). The molecule has 0 unspecified atom stereocenters. The second-order valence-electron chi connectivity index (χ2n) is 11.1. The number of benzene rings is 2. The van der Waals surface area contributed by atoms with E-state index in [-0.39, 0.29) is 6.10 Å². The molecule has 0 radical (unpaired) electrons. The van der Waals surface area contributed by atoms with Gasteiger partial charge in [-0.3, -0.25) is 9.88 Å². The Morgan fingerprint density at radius 1 is 0.923 bits per heavy atom. The number of aromatic nitrogens is 1. The van der Waals surface area contributed by atoms with Gasteiger partial charge in [0.1, 0.15) is 18.1 Å². The number of aryl methyl sites for hydroxylation is 3. The first-order valence-corrected chi connectivity index (χ1v) is 14.6. The number of nitrogens with zero attached hydrogens (tertiary/aromatic N) is 2. The van der Waals surface area contributed by atoms with Crippen molar-refractivity contribution < 1.29 is 14.2 Å². The molecule has 1 saturated heterocycles. The summed E-state index contributed by atoms with van der Waals surface area (Å²) in [5.74, 6) is 2.23. The molecule has 5 nitrogen and oxygen atoms in total. The average Bonchev–Trinajstić information content (AvgIpc) is 2.92. The van der Waals surface area contributed by atoms with E-state index in [1.54, 1.807) is 0 Å². The molecule has 2 heterocycles. The monoisotopic (exact) mass is 530 g/mol. The van der Waals surface area contributed by atoms with Crippen molar-refractivity contribution in [2.75, 3.05) is 26.3 Å². The first-order valence-electron chi connectivity index (χ1n) is 14.6. The zero-order chi connectivity index (χ0) is 27.9. The summed E-state index contributed by atoms with van der Waals surface area (Å²) in [6.45, 7) is 19.6. The Balaban J connectivity index is 1.82. The molecule has 1 aliphatic heterocycles. The van der Waals surface area contributed by atoms with E-state index in [2.05, 4.69) is 95.8 Å². The predicted molar refractivity (Wildman–Crippen MR) is 160 cm³/mol. The van der Waals surface area contributed by atoms with Gasteiger partial charge in [0.25, 0.3) is 0 Å². The van der Waals surface area contributed by atoms with Gasteiger partial charge in [-0.1, -0.05) is 58.0 Å². The fraction of sp³-hybridized carbons (Fsp3) is 0.500. The summed E-state index contributed by atoms with van der Waals surface area (Å²) in [6, 6.07) is 15.3. The highest BCUT2D eigenvalue weighted by Crippen LogP contribution is 2.35. The standard InChI is InChI=1S/C34H46N2O3/c1-8-26-11-10-12-27(9-2)34(26)30-20-33(39-24(5)6)29(31(35-30)21-36-15-17-37-18-16-36)22-38-32-19-28(23(3)4)14-13-25(32)7/h10-14,19-20,23-24H,8-9,15-18,21-22H2,1-7H3. The summed E-state index contributed by atoms with van der Waals surface area (Å²) < 4.78 is 18.7. The predicted octanol–water partition coefficient (Wildman–Crippen LogP) is 7.50. The number of hydrogen-bond donors (Lipinski definition) is 0. The van der Waals surface area contributed by atoms with Crippen LogP contribution in [0.1, 0.15) is 81.0 Å². The fourth-order valence-corrected chi connectivity index (χ4v) is 5.19. The van der Waals surface area contributed by atoms with Crippen molar-refractivity contribution in [2.45, 2.75) is 86.5 Å². The molecule has 1 aliphatic rings. The number of ether oxygens (including phenoxy) is 3. The van der Waals surface area contributed by atoms with Crippen LogP contribution in [-0.4, -0.2) is 42.3 Å². The van der Waals surface area contributed by atoms with Crippen LogP contribution in [-0.2, 0) is 30.7 Å². The molecular weight excluding hydrogens is 484 g/mol. The Morgan fingerprint density at radius 3 is 2.23 bits per heavy atom. The quantitative estimate of drug-likeness (QED) is 0.257. The molecule has 1 aromatic heterocycles. The maximum absolute atomic E-state index is 6.54. The second-order valence-corrected chi connectivity index (χ2v) is 11.1. The van der Waals surface area contributed by atoms with Crippen molar-refractivity contribution in [1.82, 2.24) is 9.88 Å². The van der Waals surface area contributed by atoms with Gasteiger partial charge in [0.15, 0.2) is 0 Å².